The van der Waals surface area contributed by atoms with Gasteiger partial charge in [-0.2, -0.15) is 0 Å². The van der Waals surface area contributed by atoms with Crippen molar-refractivity contribution in [3.05, 3.63) is 11.6 Å². The Hall–Kier alpha value is -1.35. The van der Waals surface area contributed by atoms with Crippen LogP contribution in [-0.2, 0) is 23.7 Å². The van der Waals surface area contributed by atoms with Crippen LogP contribution in [0.4, 0.5) is 0 Å². The fourth-order valence-electron chi connectivity index (χ4n) is 13.8. The number of ether oxygens (including phenoxy) is 4. The highest BCUT2D eigenvalue weighted by Gasteiger charge is 2.74. The third-order valence-electron chi connectivity index (χ3n) is 17.8. The van der Waals surface area contributed by atoms with E-state index in [1.54, 1.807) is 6.92 Å². The number of hydrogen-bond acceptors (Lipinski definition) is 16. The van der Waals surface area contributed by atoms with Crippen LogP contribution in [0, 0.1) is 50.7 Å². The Morgan fingerprint density at radius 2 is 1.33 bits per heavy atom. The maximum atomic E-state index is 15.1. The Labute approximate surface area is 339 Å². The normalized spacial score (nSPS) is 56.5. The minimum Gasteiger partial charge on any atom is -0.432 e. The van der Waals surface area contributed by atoms with E-state index < -0.39 is 138 Å². The average molecular weight is 829 g/mol. The van der Waals surface area contributed by atoms with Crippen molar-refractivity contribution < 1.29 is 79.9 Å². The first-order valence-corrected chi connectivity index (χ1v) is 21.2. The van der Waals surface area contributed by atoms with Gasteiger partial charge in [0, 0.05) is 11.3 Å². The van der Waals surface area contributed by atoms with Crippen molar-refractivity contribution in [2.75, 3.05) is 13.2 Å². The van der Waals surface area contributed by atoms with Crippen LogP contribution in [0.3, 0.4) is 0 Å². The Kier molecular flexibility index (Phi) is 11.5. The maximum absolute atomic E-state index is 15.1. The molecule has 0 aromatic heterocycles. The molecule has 58 heavy (non-hydrogen) atoms. The SMILES string of the molecule is C[C@@H]1CC[C@]2(C(=O)O[C@@H]3O[C@H](CO)[C@H](O)[C@H](O)[C@H]3O[C@@H]3O[C@H](CO)[C@@H](O)[C@H](O)[C@H]3O)CC[C@]3(C)C(=CC[C@@H]4[C@@]5(C)[C@H](O)[C@@H](O)[C@H](O)C(C)(C)[C@@H]5CC[C@]43C)[C@@H]2[C@]1(C)O. The number of carbonyl (C=O) groups excluding carboxylic acids is 1. The molecular weight excluding hydrogens is 760 g/mol. The second kappa shape index (κ2) is 14.9. The Morgan fingerprint density at radius 1 is 0.724 bits per heavy atom. The topological polar surface area (TPSA) is 277 Å². The van der Waals surface area contributed by atoms with E-state index in [-0.39, 0.29) is 24.2 Å². The molecule has 16 heteroatoms. The molecule has 7 rings (SSSR count). The number of rotatable bonds is 6. The van der Waals surface area contributed by atoms with E-state index in [4.69, 9.17) is 18.9 Å². The van der Waals surface area contributed by atoms with E-state index in [1.165, 1.54) is 0 Å². The minimum absolute atomic E-state index is 0.0919. The van der Waals surface area contributed by atoms with Crippen LogP contribution in [0.5, 0.6) is 0 Å². The summed E-state index contributed by atoms with van der Waals surface area (Å²) in [7, 11) is 0. The van der Waals surface area contributed by atoms with Crippen molar-refractivity contribution in [3.63, 3.8) is 0 Å². The molecule has 22 atom stereocenters. The Bertz CT molecular complexity index is 1590. The number of esters is 1. The van der Waals surface area contributed by atoms with Gasteiger partial charge in [-0.05, 0) is 85.9 Å². The van der Waals surface area contributed by atoms with Crippen molar-refractivity contribution in [2.45, 2.75) is 179 Å². The van der Waals surface area contributed by atoms with Crippen LogP contribution in [0.2, 0.25) is 0 Å². The van der Waals surface area contributed by atoms with Crippen molar-refractivity contribution in [3.8, 4) is 0 Å². The first-order valence-electron chi connectivity index (χ1n) is 21.2. The van der Waals surface area contributed by atoms with Crippen molar-refractivity contribution >= 4 is 5.97 Å². The van der Waals surface area contributed by atoms with Gasteiger partial charge >= 0.3 is 5.97 Å². The van der Waals surface area contributed by atoms with Gasteiger partial charge < -0.3 is 75.1 Å². The van der Waals surface area contributed by atoms with Gasteiger partial charge in [-0.3, -0.25) is 4.79 Å². The summed E-state index contributed by atoms with van der Waals surface area (Å²) in [5.41, 5.74) is -4.28. The first-order chi connectivity index (χ1) is 26.9. The molecule has 0 radical (unpaired) electrons. The summed E-state index contributed by atoms with van der Waals surface area (Å²) in [6.45, 7) is 12.5. The smallest absolute Gasteiger partial charge is 0.315 e. The van der Waals surface area contributed by atoms with E-state index in [2.05, 4.69) is 19.9 Å². The molecule has 0 spiro atoms. The van der Waals surface area contributed by atoms with Crippen LogP contribution in [-0.4, -0.2) is 161 Å². The molecule has 0 bridgehead atoms. The molecule has 7 aliphatic rings. The van der Waals surface area contributed by atoms with Crippen LogP contribution in [0.1, 0.15) is 93.4 Å². The third-order valence-corrected chi connectivity index (χ3v) is 17.8. The molecule has 2 saturated heterocycles. The molecule has 6 fully saturated rings. The molecule has 0 amide bonds. The van der Waals surface area contributed by atoms with Gasteiger partial charge in [0.25, 0.3) is 0 Å². The molecule has 11 N–H and O–H groups in total. The molecule has 0 unspecified atom stereocenters. The second-order valence-corrected chi connectivity index (χ2v) is 20.5. The lowest BCUT2D eigenvalue weighted by molar-refractivity contribution is -0.364. The summed E-state index contributed by atoms with van der Waals surface area (Å²) in [5, 5.41) is 120. The zero-order chi connectivity index (χ0) is 42.9. The molecule has 2 heterocycles. The lowest BCUT2D eigenvalue weighted by Gasteiger charge is -2.72. The summed E-state index contributed by atoms with van der Waals surface area (Å²) in [6, 6.07) is 0. The minimum atomic E-state index is -1.89. The molecule has 332 valence electrons. The maximum Gasteiger partial charge on any atom is 0.315 e. The van der Waals surface area contributed by atoms with E-state index in [0.29, 0.717) is 32.1 Å². The van der Waals surface area contributed by atoms with Crippen LogP contribution in [0.25, 0.3) is 0 Å². The Morgan fingerprint density at radius 3 is 1.95 bits per heavy atom. The van der Waals surface area contributed by atoms with Crippen LogP contribution in [0.15, 0.2) is 11.6 Å². The highest BCUT2D eigenvalue weighted by molar-refractivity contribution is 5.79. The predicted molar refractivity (Wildman–Crippen MR) is 202 cm³/mol. The number of aliphatic hydroxyl groups is 11. The standard InChI is InChI=1S/C42H68O16/c1-18-10-13-42(36(53)58-35-30(27(48)25(46)21(17-44)56-35)57-34-28(49)26(47)24(45)20(16-43)55-34)15-14-38(4)19(31(42)41(18,7)54)8-9-23-39(38,5)12-11-22-37(2,3)32(51)29(50)33(52)40(22,23)6/h8,18,20-35,43-52,54H,9-17H2,1-7H3/t18-,20-,21-,22+,23+,24-,25+,26+,27+,28-,29+,30-,31-,32+,33-,34+,35+,38-,39-,40+,41-,42+/m1/s1. The number of hydrogen-bond donors (Lipinski definition) is 11. The highest BCUT2D eigenvalue weighted by Crippen LogP contribution is 2.76. The first kappa shape index (κ1) is 44.7. The monoisotopic (exact) mass is 828 g/mol. The quantitative estimate of drug-likeness (QED) is 0.116. The lowest BCUT2D eigenvalue weighted by Crippen LogP contribution is -2.72. The third kappa shape index (κ3) is 6.02. The molecule has 5 aliphatic carbocycles. The van der Waals surface area contributed by atoms with E-state index >= 15 is 4.79 Å². The molecule has 0 aromatic rings. The van der Waals surface area contributed by atoms with Crippen molar-refractivity contribution in [1.82, 2.24) is 0 Å². The Balaban J connectivity index is 1.25. The number of aliphatic hydroxyl groups excluding tert-OH is 10. The van der Waals surface area contributed by atoms with Gasteiger partial charge in [0.05, 0.1) is 36.4 Å². The molecule has 2 aliphatic heterocycles. The predicted octanol–water partition coefficient (Wildman–Crippen LogP) is -0.771. The largest absolute Gasteiger partial charge is 0.432 e. The van der Waals surface area contributed by atoms with Gasteiger partial charge in [0.2, 0.25) is 6.29 Å². The van der Waals surface area contributed by atoms with Gasteiger partial charge in [0.1, 0.15) is 48.8 Å². The number of allylic oxidation sites excluding steroid dienone is 1. The zero-order valence-electron chi connectivity index (χ0n) is 34.7. The van der Waals surface area contributed by atoms with Gasteiger partial charge in [-0.25, -0.2) is 0 Å². The molecular formula is C42H68O16. The summed E-state index contributed by atoms with van der Waals surface area (Å²) >= 11 is 0. The summed E-state index contributed by atoms with van der Waals surface area (Å²) in [5.74, 6) is -1.96. The molecule has 4 saturated carbocycles. The number of fused-ring (bicyclic) bond motifs is 7. The highest BCUT2D eigenvalue weighted by atomic mass is 16.8. The van der Waals surface area contributed by atoms with E-state index in [1.807, 2.05) is 27.7 Å². The number of carbonyl (C=O) groups is 1. The van der Waals surface area contributed by atoms with Crippen LogP contribution < -0.4 is 0 Å². The molecule has 16 nitrogen and oxygen atoms in total. The second-order valence-electron chi connectivity index (χ2n) is 20.5. The van der Waals surface area contributed by atoms with E-state index in [0.717, 1.165) is 12.0 Å². The van der Waals surface area contributed by atoms with Crippen molar-refractivity contribution in [1.29, 1.82) is 0 Å². The van der Waals surface area contributed by atoms with Crippen LogP contribution >= 0.6 is 0 Å². The van der Waals surface area contributed by atoms with E-state index in [9.17, 15) is 56.2 Å². The fraction of sp³-hybridized carbons (Fsp3) is 0.929. The van der Waals surface area contributed by atoms with Crippen molar-refractivity contribution in [2.24, 2.45) is 50.7 Å². The molecule has 0 aromatic carbocycles. The van der Waals surface area contributed by atoms with Gasteiger partial charge in [0.15, 0.2) is 12.4 Å². The lowest BCUT2D eigenvalue weighted by atomic mass is 9.32. The summed E-state index contributed by atoms with van der Waals surface area (Å²) in [6.07, 6.45) is -15.1. The fourth-order valence-corrected chi connectivity index (χ4v) is 13.8. The van der Waals surface area contributed by atoms with Gasteiger partial charge in [-0.1, -0.05) is 53.2 Å². The zero-order valence-corrected chi connectivity index (χ0v) is 34.7. The van der Waals surface area contributed by atoms with Gasteiger partial charge in [-0.15, -0.1) is 0 Å². The average Bonchev–Trinajstić information content (AvgIpc) is 3.17. The summed E-state index contributed by atoms with van der Waals surface area (Å²) < 4.78 is 23.4. The summed E-state index contributed by atoms with van der Waals surface area (Å²) in [4.78, 5) is 15.1.